The van der Waals surface area contributed by atoms with E-state index in [1.54, 1.807) is 7.05 Å². The summed E-state index contributed by atoms with van der Waals surface area (Å²) in [6.45, 7) is 1.33. The summed E-state index contributed by atoms with van der Waals surface area (Å²) in [5.41, 5.74) is 11.4. The Labute approximate surface area is 48.9 Å². The summed E-state index contributed by atoms with van der Waals surface area (Å²) in [6.07, 6.45) is 0. The molecule has 0 aliphatic heterocycles. The molecule has 0 saturated heterocycles. The van der Waals surface area contributed by atoms with E-state index < -0.39 is 0 Å². The van der Waals surface area contributed by atoms with E-state index in [9.17, 15) is 0 Å². The molecule has 0 aromatic rings. The van der Waals surface area contributed by atoms with Gasteiger partial charge in [0.05, 0.1) is 13.6 Å². The predicted molar refractivity (Wildman–Crippen MR) is 31.5 cm³/mol. The smallest absolute Gasteiger partial charge is 0.0759 e. The zero-order chi connectivity index (χ0) is 6.41. The van der Waals surface area contributed by atoms with Crippen LogP contribution in [0.15, 0.2) is 0 Å². The van der Waals surface area contributed by atoms with E-state index in [1.165, 1.54) is 0 Å². The first-order chi connectivity index (χ1) is 3.81. The maximum absolute atomic E-state index is 5.17. The average molecular weight is 119 g/mol. The zero-order valence-corrected chi connectivity index (χ0v) is 5.02. The highest BCUT2D eigenvalue weighted by Crippen LogP contribution is 1.40. The molecule has 8 heavy (non-hydrogen) atoms. The molecule has 0 radical (unpaired) electrons. The summed E-state index contributed by atoms with van der Waals surface area (Å²) in [5.74, 6) is 4.90. The minimum atomic E-state index is 0.604. The summed E-state index contributed by atoms with van der Waals surface area (Å²) < 4.78 is 0. The predicted octanol–water partition coefficient (Wildman–Crippen LogP) is -2.87. The molecule has 0 bridgehead atoms. The first-order valence-corrected chi connectivity index (χ1v) is 2.49. The molecule has 5 heteroatoms. The number of quaternary nitrogens is 1. The van der Waals surface area contributed by atoms with Crippen LogP contribution in [0.5, 0.6) is 0 Å². The second kappa shape index (κ2) is 4.95. The normalized spacial score (nSPS) is 13.9. The molecule has 0 aliphatic carbocycles. The highest BCUT2D eigenvalue weighted by Gasteiger charge is 1.82. The van der Waals surface area contributed by atoms with Crippen molar-refractivity contribution >= 4 is 0 Å². The van der Waals surface area contributed by atoms with Gasteiger partial charge in [0.25, 0.3) is 0 Å². The zero-order valence-electron chi connectivity index (χ0n) is 5.02. The van der Waals surface area contributed by atoms with E-state index in [1.807, 2.05) is 0 Å². The van der Waals surface area contributed by atoms with Crippen molar-refractivity contribution in [1.29, 1.82) is 0 Å². The lowest BCUT2D eigenvalue weighted by Crippen LogP contribution is -3.13. The lowest BCUT2D eigenvalue weighted by atomic mass is 10.7. The summed E-state index contributed by atoms with van der Waals surface area (Å²) >= 11 is 0. The number of rotatable bonds is 4. The molecule has 0 aromatic heterocycles. The number of nitrogens with one attached hydrogen (secondary N) is 2. The first kappa shape index (κ1) is 7.80. The van der Waals surface area contributed by atoms with Gasteiger partial charge in [-0.05, 0) is 0 Å². The van der Waals surface area contributed by atoms with Gasteiger partial charge < -0.3 is 22.2 Å². The van der Waals surface area contributed by atoms with Crippen LogP contribution in [0.3, 0.4) is 0 Å². The van der Waals surface area contributed by atoms with Gasteiger partial charge in [-0.15, -0.1) is 0 Å². The first-order valence-electron chi connectivity index (χ1n) is 2.49. The van der Waals surface area contributed by atoms with Crippen molar-refractivity contribution < 1.29 is 5.12 Å². The Morgan fingerprint density at radius 3 is 2.75 bits per heavy atom. The largest absolute Gasteiger partial charge is 0.389 e. The second-order valence-electron chi connectivity index (χ2n) is 1.43. The van der Waals surface area contributed by atoms with Gasteiger partial charge in [-0.2, -0.15) is 5.43 Å². The Morgan fingerprint density at radius 2 is 2.38 bits per heavy atom. The molecule has 6 N–H and O–H groups in total. The van der Waals surface area contributed by atoms with Gasteiger partial charge in [0.2, 0.25) is 0 Å². The van der Waals surface area contributed by atoms with Crippen molar-refractivity contribution in [1.82, 2.24) is 5.43 Å². The SMILES string of the molecule is C[NH+]([N-]N)NCCN. The van der Waals surface area contributed by atoms with Gasteiger partial charge in [0.1, 0.15) is 0 Å². The minimum Gasteiger partial charge on any atom is -0.389 e. The molecular weight excluding hydrogens is 106 g/mol. The van der Waals surface area contributed by atoms with Crippen molar-refractivity contribution in [3.8, 4) is 0 Å². The molecule has 5 nitrogen and oxygen atoms in total. The monoisotopic (exact) mass is 119 g/mol. The number of hydrogen-bond acceptors (Lipinski definition) is 3. The third-order valence-corrected chi connectivity index (χ3v) is 0.719. The van der Waals surface area contributed by atoms with E-state index in [4.69, 9.17) is 11.6 Å². The third kappa shape index (κ3) is 3.97. The van der Waals surface area contributed by atoms with Gasteiger partial charge in [-0.25, -0.2) is 0 Å². The summed E-state index contributed by atoms with van der Waals surface area (Å²) in [4.78, 5) is 0. The van der Waals surface area contributed by atoms with Crippen molar-refractivity contribution in [3.05, 3.63) is 5.53 Å². The van der Waals surface area contributed by atoms with Gasteiger partial charge in [-0.1, -0.05) is 0 Å². The molecule has 0 aliphatic rings. The third-order valence-electron chi connectivity index (χ3n) is 0.719. The van der Waals surface area contributed by atoms with Crippen LogP contribution in [0.4, 0.5) is 0 Å². The van der Waals surface area contributed by atoms with Gasteiger partial charge in [-0.3, -0.25) is 0 Å². The molecule has 1 atom stereocenters. The molecule has 1 unspecified atom stereocenters. The van der Waals surface area contributed by atoms with Crippen LogP contribution < -0.4 is 22.1 Å². The fourth-order valence-corrected chi connectivity index (χ4v) is 0.299. The van der Waals surface area contributed by atoms with Crippen LogP contribution in [0.1, 0.15) is 0 Å². The molecule has 0 heterocycles. The molecule has 0 rings (SSSR count). The van der Waals surface area contributed by atoms with Crippen molar-refractivity contribution in [3.63, 3.8) is 0 Å². The molecule has 0 fully saturated rings. The Hall–Kier alpha value is -0.200. The highest BCUT2D eigenvalue weighted by molar-refractivity contribution is 4.33. The standard InChI is InChI=1S/C3H13N5/c1-8(7-5)6-3-2-4/h6,8H,2-5H2,1H3. The van der Waals surface area contributed by atoms with Crippen LogP contribution in [-0.4, -0.2) is 20.1 Å². The lowest BCUT2D eigenvalue weighted by molar-refractivity contribution is -0.890. The molecule has 0 saturated carbocycles. The number of nitrogens with zero attached hydrogens (tertiary/aromatic N) is 1. The molecule has 0 aromatic carbocycles. The second-order valence-corrected chi connectivity index (χ2v) is 1.43. The van der Waals surface area contributed by atoms with Crippen LogP contribution >= 0.6 is 0 Å². The maximum Gasteiger partial charge on any atom is 0.0759 e. The summed E-state index contributed by atoms with van der Waals surface area (Å²) in [5, 5.41) is 0.718. The van der Waals surface area contributed by atoms with E-state index in [2.05, 4.69) is 11.0 Å². The average Bonchev–Trinajstić information content (AvgIpc) is 1.83. The van der Waals surface area contributed by atoms with E-state index in [-0.39, 0.29) is 0 Å². The van der Waals surface area contributed by atoms with E-state index in [0.29, 0.717) is 6.54 Å². The quantitative estimate of drug-likeness (QED) is 0.237. The lowest BCUT2D eigenvalue weighted by Gasteiger charge is -2.21. The Morgan fingerprint density at radius 1 is 1.75 bits per heavy atom. The van der Waals surface area contributed by atoms with Gasteiger partial charge in [0.15, 0.2) is 0 Å². The van der Waals surface area contributed by atoms with E-state index >= 15 is 0 Å². The van der Waals surface area contributed by atoms with Gasteiger partial charge >= 0.3 is 0 Å². The number of hydrogen-bond donors (Lipinski definition) is 4. The Kier molecular flexibility index (Phi) is 4.82. The van der Waals surface area contributed by atoms with Crippen LogP contribution in [0.2, 0.25) is 0 Å². The minimum absolute atomic E-state index is 0.604. The van der Waals surface area contributed by atoms with Crippen LogP contribution in [0, 0.1) is 0 Å². The van der Waals surface area contributed by atoms with Crippen LogP contribution in [-0.2, 0) is 0 Å². The topological polar surface area (TPSA) is 82.6 Å². The van der Waals surface area contributed by atoms with Crippen molar-refractivity contribution in [2.75, 3.05) is 20.1 Å². The molecule has 0 amide bonds. The number of nitrogens with two attached hydrogens (primary N) is 2. The Balaban J connectivity index is 2.86. The van der Waals surface area contributed by atoms with E-state index in [0.717, 1.165) is 11.7 Å². The highest BCUT2D eigenvalue weighted by atomic mass is 15.8. The molecule has 50 valence electrons. The van der Waals surface area contributed by atoms with Gasteiger partial charge in [0, 0.05) is 6.54 Å². The van der Waals surface area contributed by atoms with Crippen LogP contribution in [0.25, 0.3) is 5.53 Å². The fraction of sp³-hybridized carbons (Fsp3) is 1.00. The fourth-order valence-electron chi connectivity index (χ4n) is 0.299. The summed E-state index contributed by atoms with van der Waals surface area (Å²) in [7, 11) is 1.79. The maximum atomic E-state index is 5.17. The Bertz CT molecular complexity index is 46.9. The molecule has 0 spiro atoms. The molecular formula is C3H13N5. The summed E-state index contributed by atoms with van der Waals surface area (Å²) in [6, 6.07) is 0. The van der Waals surface area contributed by atoms with Crippen molar-refractivity contribution in [2.45, 2.75) is 0 Å². The van der Waals surface area contributed by atoms with Crippen molar-refractivity contribution in [2.24, 2.45) is 11.6 Å².